The molecule has 0 aliphatic heterocycles. The van der Waals surface area contributed by atoms with Gasteiger partial charge in [-0.3, -0.25) is 9.48 Å². The van der Waals surface area contributed by atoms with Crippen molar-refractivity contribution in [3.63, 3.8) is 0 Å². The highest BCUT2D eigenvalue weighted by Gasteiger charge is 2.08. The summed E-state index contributed by atoms with van der Waals surface area (Å²) in [6.45, 7) is 5.27. The number of hydrogen-bond acceptors (Lipinski definition) is 3. The van der Waals surface area contributed by atoms with Gasteiger partial charge in [-0.05, 0) is 49.7 Å². The Labute approximate surface area is 163 Å². The van der Waals surface area contributed by atoms with E-state index < -0.39 is 0 Å². The van der Waals surface area contributed by atoms with Crippen molar-refractivity contribution in [3.8, 4) is 0 Å². The molecule has 0 saturated heterocycles. The Morgan fingerprint density at radius 1 is 1.11 bits per heavy atom. The van der Waals surface area contributed by atoms with E-state index in [-0.39, 0.29) is 5.91 Å². The number of carbonyl (C=O) groups excluding carboxylic acids is 1. The number of nitrogens with one attached hydrogen (secondary N) is 2. The van der Waals surface area contributed by atoms with Crippen LogP contribution in [0.25, 0.3) is 11.0 Å². The molecule has 0 saturated carbocycles. The van der Waals surface area contributed by atoms with Crippen LogP contribution in [0.1, 0.15) is 33.1 Å². The van der Waals surface area contributed by atoms with Crippen molar-refractivity contribution in [1.82, 2.24) is 25.1 Å². The monoisotopic (exact) mass is 373 g/mol. The molecule has 4 aromatic rings. The van der Waals surface area contributed by atoms with Crippen molar-refractivity contribution in [2.45, 2.75) is 26.8 Å². The van der Waals surface area contributed by atoms with E-state index in [0.29, 0.717) is 25.1 Å². The minimum atomic E-state index is -0.0752. The number of aromatic nitrogens is 4. The van der Waals surface area contributed by atoms with Gasteiger partial charge in [-0.2, -0.15) is 5.10 Å². The summed E-state index contributed by atoms with van der Waals surface area (Å²) < 4.78 is 1.97. The van der Waals surface area contributed by atoms with Crippen molar-refractivity contribution in [2.75, 3.05) is 6.54 Å². The highest BCUT2D eigenvalue weighted by Crippen LogP contribution is 2.11. The van der Waals surface area contributed by atoms with E-state index in [1.807, 2.05) is 67.1 Å². The van der Waals surface area contributed by atoms with Gasteiger partial charge in [0.2, 0.25) is 0 Å². The molecule has 2 heterocycles. The number of nitrogens with zero attached hydrogens (tertiary/aromatic N) is 3. The summed E-state index contributed by atoms with van der Waals surface area (Å²) in [5.41, 5.74) is 5.87. The molecule has 0 unspecified atom stereocenters. The molecule has 0 aliphatic carbocycles. The van der Waals surface area contributed by atoms with Crippen molar-refractivity contribution in [2.24, 2.45) is 0 Å². The van der Waals surface area contributed by atoms with Gasteiger partial charge >= 0.3 is 0 Å². The lowest BCUT2D eigenvalue weighted by molar-refractivity contribution is 0.0954. The molecule has 2 N–H and O–H groups in total. The van der Waals surface area contributed by atoms with E-state index >= 15 is 0 Å². The van der Waals surface area contributed by atoms with Crippen LogP contribution < -0.4 is 5.32 Å². The fourth-order valence-electron chi connectivity index (χ4n) is 3.29. The third-order valence-electron chi connectivity index (χ3n) is 4.74. The lowest BCUT2D eigenvalue weighted by atomic mass is 10.1. The summed E-state index contributed by atoms with van der Waals surface area (Å²) in [4.78, 5) is 20.2. The maximum absolute atomic E-state index is 12.4. The fraction of sp³-hybridized carbons (Fsp3) is 0.227. The Balaban J connectivity index is 1.32. The molecule has 0 fully saturated rings. The quantitative estimate of drug-likeness (QED) is 0.544. The molecule has 4 rings (SSSR count). The number of amides is 1. The fourth-order valence-corrected chi connectivity index (χ4v) is 3.29. The van der Waals surface area contributed by atoms with Gasteiger partial charge in [-0.15, -0.1) is 0 Å². The van der Waals surface area contributed by atoms with E-state index in [4.69, 9.17) is 0 Å². The third kappa shape index (κ3) is 3.96. The zero-order chi connectivity index (χ0) is 19.5. The number of benzene rings is 2. The van der Waals surface area contributed by atoms with E-state index in [1.54, 1.807) is 0 Å². The van der Waals surface area contributed by atoms with E-state index in [0.717, 1.165) is 33.8 Å². The number of H-pyrrole nitrogens is 1. The number of carbonyl (C=O) groups is 1. The summed E-state index contributed by atoms with van der Waals surface area (Å²) in [5, 5.41) is 7.43. The molecular weight excluding hydrogens is 350 g/mol. The molecule has 6 heteroatoms. The molecule has 0 spiro atoms. The molecule has 2 aromatic heterocycles. The van der Waals surface area contributed by atoms with Crippen molar-refractivity contribution in [3.05, 3.63) is 82.9 Å². The van der Waals surface area contributed by atoms with Crippen LogP contribution in [0.5, 0.6) is 0 Å². The number of hydrogen-bond donors (Lipinski definition) is 2. The normalized spacial score (nSPS) is 11.1. The summed E-state index contributed by atoms with van der Waals surface area (Å²) in [5.74, 6) is 0.801. The molecule has 28 heavy (non-hydrogen) atoms. The summed E-state index contributed by atoms with van der Waals surface area (Å²) in [7, 11) is 0. The molecule has 142 valence electrons. The zero-order valence-electron chi connectivity index (χ0n) is 16.1. The Morgan fingerprint density at radius 2 is 1.89 bits per heavy atom. The van der Waals surface area contributed by atoms with Gasteiger partial charge in [-0.25, -0.2) is 4.98 Å². The summed E-state index contributed by atoms with van der Waals surface area (Å²) in [6, 6.07) is 17.6. The molecule has 1 amide bonds. The first-order valence-electron chi connectivity index (χ1n) is 9.40. The predicted molar refractivity (Wildman–Crippen MR) is 109 cm³/mol. The Bertz CT molecular complexity index is 1070. The van der Waals surface area contributed by atoms with Crippen LogP contribution in [0, 0.1) is 13.8 Å². The lowest BCUT2D eigenvalue weighted by Gasteiger charge is -2.07. The van der Waals surface area contributed by atoms with Crippen LogP contribution in [0.4, 0.5) is 0 Å². The Hall–Kier alpha value is -3.41. The van der Waals surface area contributed by atoms with E-state index in [1.165, 1.54) is 0 Å². The van der Waals surface area contributed by atoms with Crippen LogP contribution in [0.3, 0.4) is 0 Å². The maximum atomic E-state index is 12.4. The average molecular weight is 373 g/mol. The van der Waals surface area contributed by atoms with Gasteiger partial charge in [0.05, 0.1) is 23.3 Å². The molecule has 6 nitrogen and oxygen atoms in total. The van der Waals surface area contributed by atoms with Crippen molar-refractivity contribution >= 4 is 16.9 Å². The lowest BCUT2D eigenvalue weighted by Crippen LogP contribution is -2.25. The van der Waals surface area contributed by atoms with Crippen LogP contribution in [-0.4, -0.2) is 32.2 Å². The molecular formula is C22H23N5O. The second-order valence-corrected chi connectivity index (χ2v) is 6.99. The Morgan fingerprint density at radius 3 is 2.61 bits per heavy atom. The number of rotatable bonds is 6. The van der Waals surface area contributed by atoms with Gasteiger partial charge in [-0.1, -0.05) is 24.3 Å². The minimum absolute atomic E-state index is 0.0752. The summed E-state index contributed by atoms with van der Waals surface area (Å²) in [6.07, 6.45) is 0.663. The molecule has 0 atom stereocenters. The first kappa shape index (κ1) is 18.0. The number of fused-ring (bicyclic) bond motifs is 1. The first-order chi connectivity index (χ1) is 13.6. The standard InChI is InChI=1S/C22H23N5O/c1-15-13-16(2)27(26-15)14-17-7-9-18(10-8-17)22(28)23-12-11-21-24-19-5-3-4-6-20(19)25-21/h3-10,13H,11-12,14H2,1-2H3,(H,23,28)(H,24,25). The highest BCUT2D eigenvalue weighted by molar-refractivity contribution is 5.94. The van der Waals surface area contributed by atoms with Crippen LogP contribution in [0.15, 0.2) is 54.6 Å². The van der Waals surface area contributed by atoms with Crippen LogP contribution in [0.2, 0.25) is 0 Å². The smallest absolute Gasteiger partial charge is 0.251 e. The van der Waals surface area contributed by atoms with Gasteiger partial charge in [0.25, 0.3) is 5.91 Å². The number of para-hydroxylation sites is 2. The van der Waals surface area contributed by atoms with E-state index in [2.05, 4.69) is 26.4 Å². The average Bonchev–Trinajstić information content (AvgIpc) is 3.24. The summed E-state index contributed by atoms with van der Waals surface area (Å²) >= 11 is 0. The molecule has 0 radical (unpaired) electrons. The largest absolute Gasteiger partial charge is 0.352 e. The van der Waals surface area contributed by atoms with Gasteiger partial charge in [0.1, 0.15) is 5.82 Å². The number of aromatic amines is 1. The highest BCUT2D eigenvalue weighted by atomic mass is 16.1. The second-order valence-electron chi connectivity index (χ2n) is 6.99. The van der Waals surface area contributed by atoms with Gasteiger partial charge < -0.3 is 10.3 Å². The molecule has 0 aliphatic rings. The SMILES string of the molecule is Cc1cc(C)n(Cc2ccc(C(=O)NCCc3nc4ccccc4[nH]3)cc2)n1. The second kappa shape index (κ2) is 7.68. The van der Waals surface area contributed by atoms with E-state index in [9.17, 15) is 4.79 Å². The molecule has 2 aromatic carbocycles. The first-order valence-corrected chi connectivity index (χ1v) is 9.40. The topological polar surface area (TPSA) is 75.6 Å². The third-order valence-corrected chi connectivity index (χ3v) is 4.74. The van der Waals surface area contributed by atoms with Gasteiger partial charge in [0, 0.05) is 24.2 Å². The number of imidazole rings is 1. The number of aryl methyl sites for hydroxylation is 2. The molecule has 0 bridgehead atoms. The Kier molecular flexibility index (Phi) is 4.93. The van der Waals surface area contributed by atoms with Crippen LogP contribution >= 0.6 is 0 Å². The van der Waals surface area contributed by atoms with Crippen LogP contribution in [-0.2, 0) is 13.0 Å². The van der Waals surface area contributed by atoms with Gasteiger partial charge in [0.15, 0.2) is 0 Å². The zero-order valence-corrected chi connectivity index (χ0v) is 16.1. The van der Waals surface area contributed by atoms with Crippen molar-refractivity contribution in [1.29, 1.82) is 0 Å². The predicted octanol–water partition coefficient (Wildman–Crippen LogP) is 3.40. The van der Waals surface area contributed by atoms with Crippen molar-refractivity contribution < 1.29 is 4.79 Å². The maximum Gasteiger partial charge on any atom is 0.251 e. The minimum Gasteiger partial charge on any atom is -0.352 e.